The third-order valence-electron chi connectivity index (χ3n) is 3.66. The Labute approximate surface area is 182 Å². The molecule has 0 saturated carbocycles. The number of halogens is 1. The van der Waals surface area contributed by atoms with Crippen LogP contribution in [0.2, 0.25) is 0 Å². The minimum absolute atomic E-state index is 0.187. The maximum absolute atomic E-state index is 12.2. The number of amides is 2. The number of esters is 3. The average molecular weight is 469 g/mol. The lowest BCUT2D eigenvalue weighted by atomic mass is 9.97. The SMILES string of the molecule is CC(=O)NC1C(SC(=O)NCCCl)OC(COC(C)=O)C(OC(C)=O)C1OC(C)=O. The molecular weight excluding hydrogens is 444 g/mol. The molecule has 13 heteroatoms. The van der Waals surface area contributed by atoms with E-state index in [0.717, 1.165) is 13.8 Å². The number of alkyl halides is 1. The minimum Gasteiger partial charge on any atom is -0.463 e. The van der Waals surface area contributed by atoms with Crippen molar-refractivity contribution in [1.82, 2.24) is 10.6 Å². The summed E-state index contributed by atoms with van der Waals surface area (Å²) in [5, 5.41) is 4.60. The van der Waals surface area contributed by atoms with Crippen LogP contribution in [0.15, 0.2) is 0 Å². The van der Waals surface area contributed by atoms with Gasteiger partial charge in [-0.05, 0) is 11.8 Å². The first-order chi connectivity index (χ1) is 14.0. The Morgan fingerprint density at radius 2 is 1.57 bits per heavy atom. The predicted octanol–water partition coefficient (Wildman–Crippen LogP) is 0.324. The zero-order valence-corrected chi connectivity index (χ0v) is 18.5. The summed E-state index contributed by atoms with van der Waals surface area (Å²) < 4.78 is 21.4. The summed E-state index contributed by atoms with van der Waals surface area (Å²) in [4.78, 5) is 58.6. The average Bonchev–Trinajstić information content (AvgIpc) is 2.62. The lowest BCUT2D eigenvalue weighted by Gasteiger charge is -2.44. The third kappa shape index (κ3) is 8.76. The highest BCUT2D eigenvalue weighted by Crippen LogP contribution is 2.32. The maximum Gasteiger partial charge on any atom is 0.303 e. The van der Waals surface area contributed by atoms with Gasteiger partial charge in [0.25, 0.3) is 5.24 Å². The van der Waals surface area contributed by atoms with Gasteiger partial charge >= 0.3 is 17.9 Å². The van der Waals surface area contributed by atoms with E-state index in [1.54, 1.807) is 0 Å². The summed E-state index contributed by atoms with van der Waals surface area (Å²) in [6.07, 6.45) is -3.47. The fourth-order valence-electron chi connectivity index (χ4n) is 2.69. The molecule has 0 bridgehead atoms. The van der Waals surface area contributed by atoms with Crippen molar-refractivity contribution in [1.29, 1.82) is 0 Å². The van der Waals surface area contributed by atoms with Crippen molar-refractivity contribution in [2.24, 2.45) is 0 Å². The first kappa shape index (κ1) is 26.0. The first-order valence-electron chi connectivity index (χ1n) is 8.96. The van der Waals surface area contributed by atoms with Crippen LogP contribution in [0.25, 0.3) is 0 Å². The normalized spacial score (nSPS) is 25.6. The van der Waals surface area contributed by atoms with Gasteiger partial charge in [0.1, 0.15) is 24.2 Å². The zero-order valence-electron chi connectivity index (χ0n) is 17.0. The van der Waals surface area contributed by atoms with Crippen LogP contribution in [0, 0.1) is 0 Å². The van der Waals surface area contributed by atoms with Gasteiger partial charge < -0.3 is 29.6 Å². The van der Waals surface area contributed by atoms with Gasteiger partial charge in [-0.1, -0.05) is 0 Å². The van der Waals surface area contributed by atoms with E-state index in [9.17, 15) is 24.0 Å². The van der Waals surface area contributed by atoms with Gasteiger partial charge in [0.2, 0.25) is 5.91 Å². The quantitative estimate of drug-likeness (QED) is 0.290. The molecule has 1 aliphatic rings. The Morgan fingerprint density at radius 1 is 0.967 bits per heavy atom. The Bertz CT molecular complexity index is 663. The molecule has 1 rings (SSSR count). The van der Waals surface area contributed by atoms with Crippen LogP contribution < -0.4 is 10.6 Å². The zero-order chi connectivity index (χ0) is 22.8. The summed E-state index contributed by atoms with van der Waals surface area (Å²) in [5.41, 5.74) is -1.05. The van der Waals surface area contributed by atoms with Gasteiger partial charge in [-0.15, -0.1) is 11.6 Å². The topological polar surface area (TPSA) is 146 Å². The molecular formula is C17H25ClN2O9S. The molecule has 0 spiro atoms. The van der Waals surface area contributed by atoms with Crippen LogP contribution in [0.3, 0.4) is 0 Å². The first-order valence-corrected chi connectivity index (χ1v) is 10.4. The van der Waals surface area contributed by atoms with E-state index in [4.69, 9.17) is 30.5 Å². The second-order valence-electron chi connectivity index (χ2n) is 6.24. The largest absolute Gasteiger partial charge is 0.463 e. The molecule has 2 N–H and O–H groups in total. The second-order valence-corrected chi connectivity index (χ2v) is 7.69. The van der Waals surface area contributed by atoms with Gasteiger partial charge in [0, 0.05) is 40.1 Å². The predicted molar refractivity (Wildman–Crippen MR) is 106 cm³/mol. The van der Waals surface area contributed by atoms with Crippen molar-refractivity contribution >= 4 is 52.4 Å². The molecule has 0 aliphatic carbocycles. The maximum atomic E-state index is 12.2. The van der Waals surface area contributed by atoms with Gasteiger partial charge in [-0.2, -0.15) is 0 Å². The van der Waals surface area contributed by atoms with Crippen LogP contribution in [0.5, 0.6) is 0 Å². The third-order valence-corrected chi connectivity index (χ3v) is 4.84. The molecule has 2 amide bonds. The Kier molecular flexibility index (Phi) is 10.9. The van der Waals surface area contributed by atoms with E-state index in [-0.39, 0.29) is 19.0 Å². The molecule has 0 radical (unpaired) electrons. The minimum atomic E-state index is -1.21. The number of thioether (sulfide) groups is 1. The number of carbonyl (C=O) groups excluding carboxylic acids is 5. The number of hydrogen-bond acceptors (Lipinski definition) is 10. The van der Waals surface area contributed by atoms with Gasteiger partial charge in [-0.25, -0.2) is 0 Å². The van der Waals surface area contributed by atoms with Crippen LogP contribution in [-0.2, 0) is 38.1 Å². The molecule has 11 nitrogen and oxygen atoms in total. The fraction of sp³-hybridized carbons (Fsp3) is 0.706. The number of ether oxygens (including phenoxy) is 4. The molecule has 5 atom stereocenters. The molecule has 5 unspecified atom stereocenters. The smallest absolute Gasteiger partial charge is 0.303 e. The van der Waals surface area contributed by atoms with Crippen molar-refractivity contribution in [3.05, 3.63) is 0 Å². The van der Waals surface area contributed by atoms with Gasteiger partial charge in [0.05, 0.1) is 0 Å². The molecule has 1 heterocycles. The molecule has 1 fully saturated rings. The monoisotopic (exact) mass is 468 g/mol. The molecule has 0 aromatic rings. The molecule has 1 saturated heterocycles. The molecule has 0 aromatic carbocycles. The number of carbonyl (C=O) groups is 5. The van der Waals surface area contributed by atoms with Crippen molar-refractivity contribution in [3.63, 3.8) is 0 Å². The fourth-order valence-corrected chi connectivity index (χ4v) is 3.75. The highest BCUT2D eigenvalue weighted by molar-refractivity contribution is 8.14. The Hall–Kier alpha value is -2.05. The number of hydrogen-bond donors (Lipinski definition) is 2. The van der Waals surface area contributed by atoms with E-state index >= 15 is 0 Å². The highest BCUT2D eigenvalue weighted by Gasteiger charge is 2.51. The van der Waals surface area contributed by atoms with Crippen molar-refractivity contribution in [3.8, 4) is 0 Å². The number of rotatable bonds is 8. The van der Waals surface area contributed by atoms with E-state index < -0.39 is 58.8 Å². The van der Waals surface area contributed by atoms with Gasteiger partial charge in [0.15, 0.2) is 12.2 Å². The molecule has 0 aromatic heterocycles. The van der Waals surface area contributed by atoms with Crippen molar-refractivity contribution in [2.45, 2.75) is 57.5 Å². The molecule has 30 heavy (non-hydrogen) atoms. The lowest BCUT2D eigenvalue weighted by Crippen LogP contribution is -2.65. The van der Waals surface area contributed by atoms with E-state index in [2.05, 4.69) is 10.6 Å². The van der Waals surface area contributed by atoms with E-state index in [1.807, 2.05) is 0 Å². The van der Waals surface area contributed by atoms with Gasteiger partial charge in [-0.3, -0.25) is 24.0 Å². The van der Waals surface area contributed by atoms with E-state index in [1.165, 1.54) is 13.8 Å². The van der Waals surface area contributed by atoms with Crippen molar-refractivity contribution in [2.75, 3.05) is 19.0 Å². The lowest BCUT2D eigenvalue weighted by molar-refractivity contribution is -0.211. The summed E-state index contributed by atoms with van der Waals surface area (Å²) >= 11 is 6.24. The van der Waals surface area contributed by atoms with Crippen LogP contribution in [0.4, 0.5) is 4.79 Å². The van der Waals surface area contributed by atoms with E-state index in [0.29, 0.717) is 11.8 Å². The summed E-state index contributed by atoms with van der Waals surface area (Å²) in [6, 6.07) is -1.05. The summed E-state index contributed by atoms with van der Waals surface area (Å²) in [7, 11) is 0. The summed E-state index contributed by atoms with van der Waals surface area (Å²) in [6.45, 7) is 4.55. The summed E-state index contributed by atoms with van der Waals surface area (Å²) in [5.74, 6) is -2.34. The molecule has 1 aliphatic heterocycles. The standard InChI is InChI=1S/C17H25ClN2O9S/c1-8(21)20-13-15(28-11(4)24)14(27-10(3)23)12(7-26-9(2)22)29-16(13)30-17(25)19-6-5-18/h12-16H,5-7H2,1-4H3,(H,19,25)(H,20,21). The second kappa shape index (κ2) is 12.6. The van der Waals surface area contributed by atoms with Crippen molar-refractivity contribution < 1.29 is 42.9 Å². The van der Waals surface area contributed by atoms with Crippen LogP contribution >= 0.6 is 23.4 Å². The highest BCUT2D eigenvalue weighted by atomic mass is 35.5. The molecule has 170 valence electrons. The van der Waals surface area contributed by atoms with Crippen LogP contribution in [0.1, 0.15) is 27.7 Å². The number of nitrogens with one attached hydrogen (secondary N) is 2. The van der Waals surface area contributed by atoms with Crippen LogP contribution in [-0.4, -0.2) is 77.9 Å². The Balaban J connectivity index is 3.27. The Morgan fingerprint density at radius 3 is 2.07 bits per heavy atom.